The smallest absolute Gasteiger partial charge is 0.326 e. The summed E-state index contributed by atoms with van der Waals surface area (Å²) in [7, 11) is 0. The molecule has 1 aromatic rings. The summed E-state index contributed by atoms with van der Waals surface area (Å²) in [6.45, 7) is 0. The number of nitrogens with two attached hydrogens (primary N) is 1. The molecule has 0 aliphatic carbocycles. The summed E-state index contributed by atoms with van der Waals surface area (Å²) in [6, 6.07) is 5.47. The van der Waals surface area contributed by atoms with Crippen LogP contribution in [0.1, 0.15) is 12.0 Å². The second-order valence-corrected chi connectivity index (χ2v) is 3.43. The predicted octanol–water partition coefficient (Wildman–Crippen LogP) is 0.847. The maximum absolute atomic E-state index is 10.8. The highest BCUT2D eigenvalue weighted by molar-refractivity contribution is 5.95. The van der Waals surface area contributed by atoms with E-state index in [1.165, 1.54) is 0 Å². The van der Waals surface area contributed by atoms with E-state index in [2.05, 4.69) is 5.32 Å². The van der Waals surface area contributed by atoms with Crippen LogP contribution < -0.4 is 11.1 Å². The first-order chi connectivity index (χ1) is 8.04. The van der Waals surface area contributed by atoms with Gasteiger partial charge in [-0.25, -0.2) is 4.79 Å². The van der Waals surface area contributed by atoms with E-state index in [9.17, 15) is 9.59 Å². The Labute approximate surface area is 110 Å². The van der Waals surface area contributed by atoms with Gasteiger partial charge in [0.25, 0.3) is 0 Å². The fraction of sp³-hybridized carbons (Fsp3) is 0.182. The van der Waals surface area contributed by atoms with E-state index < -0.39 is 12.0 Å². The topological polar surface area (TPSA) is 116 Å². The van der Waals surface area contributed by atoms with Crippen molar-refractivity contribution in [3.63, 3.8) is 0 Å². The summed E-state index contributed by atoms with van der Waals surface area (Å²) in [5, 5.41) is 18.7. The average molecular weight is 272 g/mol. The van der Waals surface area contributed by atoms with Gasteiger partial charge in [-0.1, -0.05) is 0 Å². The van der Waals surface area contributed by atoms with Crippen LogP contribution >= 0.6 is 12.4 Å². The van der Waals surface area contributed by atoms with Crippen LogP contribution in [0.25, 0.3) is 0 Å². The molecule has 0 aromatic heterocycles. The van der Waals surface area contributed by atoms with Gasteiger partial charge in [0.15, 0.2) is 0 Å². The zero-order chi connectivity index (χ0) is 12.8. The van der Waals surface area contributed by atoms with E-state index in [1.54, 1.807) is 24.3 Å². The summed E-state index contributed by atoms with van der Waals surface area (Å²) in [4.78, 5) is 21.1. The standard InChI is InChI=1S/C11H13N3O3.ClH/c12-10(13)7-1-3-8(4-2-7)14-9(5-6-15)11(16)17;/h1-4,6,9,14H,5H2,(H3,12,13)(H,16,17);1H. The number of aldehydes is 1. The van der Waals surface area contributed by atoms with Gasteiger partial charge in [-0.05, 0) is 24.3 Å². The fourth-order valence-electron chi connectivity index (χ4n) is 1.26. The molecule has 0 spiro atoms. The molecule has 5 N–H and O–H groups in total. The van der Waals surface area contributed by atoms with Crippen LogP contribution in [0.3, 0.4) is 0 Å². The Kier molecular flexibility index (Phi) is 6.44. The molecule has 6 nitrogen and oxygen atoms in total. The molecule has 0 fully saturated rings. The minimum atomic E-state index is -1.09. The number of amidine groups is 1. The van der Waals surface area contributed by atoms with Crippen LogP contribution in [0.5, 0.6) is 0 Å². The Bertz CT molecular complexity index is 434. The van der Waals surface area contributed by atoms with Gasteiger partial charge in [0.2, 0.25) is 0 Å². The lowest BCUT2D eigenvalue weighted by Crippen LogP contribution is -2.29. The van der Waals surface area contributed by atoms with Crippen molar-refractivity contribution in [1.29, 1.82) is 5.41 Å². The summed E-state index contributed by atoms with van der Waals surface area (Å²) >= 11 is 0. The normalized spacial score (nSPS) is 10.9. The Morgan fingerprint density at radius 2 is 2.00 bits per heavy atom. The number of carboxylic acids is 1. The number of halogens is 1. The lowest BCUT2D eigenvalue weighted by Gasteiger charge is -2.13. The van der Waals surface area contributed by atoms with E-state index in [0.29, 0.717) is 17.5 Å². The van der Waals surface area contributed by atoms with Crippen molar-refractivity contribution in [3.05, 3.63) is 29.8 Å². The lowest BCUT2D eigenvalue weighted by molar-refractivity contribution is -0.138. The Hall–Kier alpha value is -2.08. The Morgan fingerprint density at radius 3 is 2.39 bits per heavy atom. The first-order valence-electron chi connectivity index (χ1n) is 4.92. The maximum atomic E-state index is 10.8. The molecule has 0 saturated heterocycles. The number of hydrogen-bond donors (Lipinski definition) is 4. The number of carboxylic acid groups (broad SMARTS) is 1. The van der Waals surface area contributed by atoms with Gasteiger partial charge < -0.3 is 21.0 Å². The van der Waals surface area contributed by atoms with Crippen LogP contribution in [0.15, 0.2) is 24.3 Å². The molecule has 98 valence electrons. The van der Waals surface area contributed by atoms with Crippen molar-refractivity contribution in [2.45, 2.75) is 12.5 Å². The largest absolute Gasteiger partial charge is 0.480 e. The molecule has 1 unspecified atom stereocenters. The zero-order valence-electron chi connectivity index (χ0n) is 9.42. The Balaban J connectivity index is 0.00000289. The van der Waals surface area contributed by atoms with Gasteiger partial charge in [-0.15, -0.1) is 12.4 Å². The van der Waals surface area contributed by atoms with Gasteiger partial charge in [0, 0.05) is 17.7 Å². The molecule has 0 saturated carbocycles. The highest BCUT2D eigenvalue weighted by atomic mass is 35.5. The van der Waals surface area contributed by atoms with Crippen molar-refractivity contribution >= 4 is 36.2 Å². The molecule has 0 radical (unpaired) electrons. The van der Waals surface area contributed by atoms with E-state index in [4.69, 9.17) is 16.2 Å². The molecule has 1 rings (SSSR count). The first kappa shape index (κ1) is 15.9. The average Bonchev–Trinajstić information content (AvgIpc) is 2.29. The number of hydrogen-bond acceptors (Lipinski definition) is 4. The Morgan fingerprint density at radius 1 is 1.44 bits per heavy atom. The van der Waals surface area contributed by atoms with Crippen LogP contribution in [-0.2, 0) is 9.59 Å². The highest BCUT2D eigenvalue weighted by Crippen LogP contribution is 2.11. The second kappa shape index (κ2) is 7.29. The van der Waals surface area contributed by atoms with Crippen molar-refractivity contribution in [2.75, 3.05) is 5.32 Å². The molecule has 1 aromatic carbocycles. The minimum absolute atomic E-state index is 0. The van der Waals surface area contributed by atoms with E-state index >= 15 is 0 Å². The summed E-state index contributed by atoms with van der Waals surface area (Å²) < 4.78 is 0. The van der Waals surface area contributed by atoms with Crippen molar-refractivity contribution < 1.29 is 14.7 Å². The number of anilines is 1. The van der Waals surface area contributed by atoms with Crippen molar-refractivity contribution in [2.24, 2.45) is 5.73 Å². The molecule has 7 heteroatoms. The molecule has 1 atom stereocenters. The number of carbonyl (C=O) groups excluding carboxylic acids is 1. The van der Waals surface area contributed by atoms with E-state index in [1.807, 2.05) is 0 Å². The molecule has 0 aliphatic heterocycles. The number of nitrogens with one attached hydrogen (secondary N) is 2. The highest BCUT2D eigenvalue weighted by Gasteiger charge is 2.16. The van der Waals surface area contributed by atoms with Crippen molar-refractivity contribution in [1.82, 2.24) is 0 Å². The number of carbonyl (C=O) groups is 2. The van der Waals surface area contributed by atoms with Crippen LogP contribution in [0, 0.1) is 5.41 Å². The molecular formula is C11H14ClN3O3. The molecule has 0 amide bonds. The van der Waals surface area contributed by atoms with Gasteiger partial charge in [-0.2, -0.15) is 0 Å². The monoisotopic (exact) mass is 271 g/mol. The number of rotatable bonds is 6. The van der Waals surface area contributed by atoms with Crippen LogP contribution in [0.2, 0.25) is 0 Å². The SMILES string of the molecule is Cl.N=C(N)c1ccc(NC(CC=O)C(=O)O)cc1. The van der Waals surface area contributed by atoms with Crippen LogP contribution in [-0.4, -0.2) is 29.2 Å². The van der Waals surface area contributed by atoms with Gasteiger partial charge in [-0.3, -0.25) is 5.41 Å². The summed E-state index contributed by atoms with van der Waals surface area (Å²) in [5.74, 6) is -1.15. The second-order valence-electron chi connectivity index (χ2n) is 3.43. The van der Waals surface area contributed by atoms with Crippen molar-refractivity contribution in [3.8, 4) is 0 Å². The number of nitrogen functional groups attached to an aromatic ring is 1. The van der Waals surface area contributed by atoms with Gasteiger partial charge in [0.1, 0.15) is 18.2 Å². The fourth-order valence-corrected chi connectivity index (χ4v) is 1.26. The predicted molar refractivity (Wildman–Crippen MR) is 70.4 cm³/mol. The molecule has 0 aliphatic rings. The molecule has 18 heavy (non-hydrogen) atoms. The quantitative estimate of drug-likeness (QED) is 0.348. The summed E-state index contributed by atoms with van der Waals surface area (Å²) in [5.41, 5.74) is 6.40. The third kappa shape index (κ3) is 4.42. The zero-order valence-corrected chi connectivity index (χ0v) is 10.2. The third-order valence-electron chi connectivity index (χ3n) is 2.17. The lowest BCUT2D eigenvalue weighted by atomic mass is 10.1. The first-order valence-corrected chi connectivity index (χ1v) is 4.92. The van der Waals surface area contributed by atoms with E-state index in [-0.39, 0.29) is 24.7 Å². The molecule has 0 bridgehead atoms. The van der Waals surface area contributed by atoms with Crippen LogP contribution in [0.4, 0.5) is 5.69 Å². The molecule has 0 heterocycles. The molecular weight excluding hydrogens is 258 g/mol. The minimum Gasteiger partial charge on any atom is -0.480 e. The summed E-state index contributed by atoms with van der Waals surface area (Å²) in [6.07, 6.45) is 0.444. The van der Waals surface area contributed by atoms with Gasteiger partial charge >= 0.3 is 5.97 Å². The number of aliphatic carboxylic acids is 1. The maximum Gasteiger partial charge on any atom is 0.326 e. The van der Waals surface area contributed by atoms with Gasteiger partial charge in [0.05, 0.1) is 0 Å². The van der Waals surface area contributed by atoms with E-state index in [0.717, 1.165) is 0 Å². The third-order valence-corrected chi connectivity index (χ3v) is 2.17. The number of benzene rings is 1.